The molecule has 1 aliphatic rings. The zero-order valence-electron chi connectivity index (χ0n) is 9.12. The fourth-order valence-corrected chi connectivity index (χ4v) is 2.03. The zero-order valence-corrected chi connectivity index (χ0v) is 9.12. The van der Waals surface area contributed by atoms with Gasteiger partial charge in [-0.1, -0.05) is 0 Å². The minimum Gasteiger partial charge on any atom is -0.396 e. The Kier molecular flexibility index (Phi) is 1.97. The predicted molar refractivity (Wildman–Crippen MR) is 60.6 cm³/mol. The molecule has 0 aliphatic carbocycles. The van der Waals surface area contributed by atoms with Crippen molar-refractivity contribution in [3.63, 3.8) is 0 Å². The number of rotatable bonds is 1. The number of nitrogen functional groups attached to an aromatic ring is 1. The van der Waals surface area contributed by atoms with Crippen molar-refractivity contribution < 1.29 is 0 Å². The highest BCUT2D eigenvalue weighted by molar-refractivity contribution is 5.66. The molecule has 4 N–H and O–H groups in total. The van der Waals surface area contributed by atoms with Crippen LogP contribution >= 0.6 is 0 Å². The number of aromatic amines is 2. The molecular weight excluding hydrogens is 204 g/mol. The van der Waals surface area contributed by atoms with Crippen LogP contribution < -0.4 is 5.73 Å². The Labute approximate surface area is 92.9 Å². The van der Waals surface area contributed by atoms with Crippen molar-refractivity contribution in [1.82, 2.24) is 25.1 Å². The van der Waals surface area contributed by atoms with Crippen LogP contribution in [-0.4, -0.2) is 38.7 Å². The van der Waals surface area contributed by atoms with E-state index in [1.165, 1.54) is 5.69 Å². The maximum Gasteiger partial charge on any atom is 0.158 e. The minimum absolute atomic E-state index is 0.624. The summed E-state index contributed by atoms with van der Waals surface area (Å²) in [7, 11) is 2.11. The first-order valence-electron chi connectivity index (χ1n) is 5.29. The molecule has 0 bridgehead atoms. The van der Waals surface area contributed by atoms with Gasteiger partial charge in [0.05, 0.1) is 23.3 Å². The molecule has 3 heterocycles. The lowest BCUT2D eigenvalue weighted by Crippen LogP contribution is -2.26. The summed E-state index contributed by atoms with van der Waals surface area (Å²) in [6.45, 7) is 1.96. The summed E-state index contributed by atoms with van der Waals surface area (Å²) in [5.74, 6) is 0.787. The lowest BCUT2D eigenvalue weighted by atomic mass is 10.2. The fourth-order valence-electron chi connectivity index (χ4n) is 2.03. The predicted octanol–water partition coefficient (Wildman–Crippen LogP) is 0.370. The van der Waals surface area contributed by atoms with Crippen molar-refractivity contribution in [2.45, 2.75) is 13.0 Å². The average molecular weight is 218 g/mol. The van der Waals surface area contributed by atoms with E-state index >= 15 is 0 Å². The van der Waals surface area contributed by atoms with E-state index in [1.807, 2.05) is 0 Å². The second-order valence-electron chi connectivity index (χ2n) is 4.20. The zero-order chi connectivity index (χ0) is 11.1. The van der Waals surface area contributed by atoms with Crippen LogP contribution in [0, 0.1) is 0 Å². The van der Waals surface area contributed by atoms with E-state index in [0.717, 1.165) is 36.7 Å². The average Bonchev–Trinajstić information content (AvgIpc) is 2.82. The number of anilines is 1. The normalized spacial score (nSPS) is 16.3. The Morgan fingerprint density at radius 1 is 1.50 bits per heavy atom. The first-order valence-corrected chi connectivity index (χ1v) is 5.29. The number of fused-ring (bicyclic) bond motifs is 1. The molecule has 1 aliphatic heterocycles. The Balaban J connectivity index is 2.02. The molecule has 0 aromatic carbocycles. The molecule has 0 spiro atoms. The molecule has 16 heavy (non-hydrogen) atoms. The first kappa shape index (κ1) is 9.41. The van der Waals surface area contributed by atoms with Crippen molar-refractivity contribution in [2.75, 3.05) is 19.3 Å². The van der Waals surface area contributed by atoms with Crippen molar-refractivity contribution >= 4 is 5.69 Å². The summed E-state index contributed by atoms with van der Waals surface area (Å²) in [6.07, 6.45) is 2.58. The Hall–Kier alpha value is -1.82. The van der Waals surface area contributed by atoms with Crippen molar-refractivity contribution in [3.8, 4) is 11.5 Å². The third-order valence-electron chi connectivity index (χ3n) is 2.93. The number of nitrogens with one attached hydrogen (secondary N) is 2. The molecule has 0 saturated carbocycles. The second-order valence-corrected chi connectivity index (χ2v) is 4.20. The number of nitrogens with zero attached hydrogens (tertiary/aromatic N) is 3. The van der Waals surface area contributed by atoms with E-state index in [1.54, 1.807) is 6.20 Å². The van der Waals surface area contributed by atoms with Gasteiger partial charge in [-0.2, -0.15) is 5.10 Å². The highest BCUT2D eigenvalue weighted by Crippen LogP contribution is 2.23. The van der Waals surface area contributed by atoms with Crippen molar-refractivity contribution in [1.29, 1.82) is 0 Å². The fraction of sp³-hybridized carbons (Fsp3) is 0.400. The quantitative estimate of drug-likeness (QED) is 0.645. The van der Waals surface area contributed by atoms with Gasteiger partial charge in [0.15, 0.2) is 5.82 Å². The van der Waals surface area contributed by atoms with E-state index in [4.69, 9.17) is 5.73 Å². The van der Waals surface area contributed by atoms with Crippen LogP contribution in [-0.2, 0) is 13.0 Å². The van der Waals surface area contributed by atoms with E-state index in [0.29, 0.717) is 5.69 Å². The highest BCUT2D eigenvalue weighted by atomic mass is 15.2. The van der Waals surface area contributed by atoms with E-state index in [2.05, 4.69) is 32.1 Å². The maximum atomic E-state index is 5.79. The largest absolute Gasteiger partial charge is 0.396 e. The minimum atomic E-state index is 0.624. The maximum absolute atomic E-state index is 5.79. The smallest absolute Gasteiger partial charge is 0.158 e. The molecule has 0 atom stereocenters. The van der Waals surface area contributed by atoms with Gasteiger partial charge in [-0.3, -0.25) is 5.10 Å². The SMILES string of the molecule is CN1CCc2nc(-c3[nH]ncc3N)[nH]c2C1. The van der Waals surface area contributed by atoms with Crippen LogP contribution in [0.2, 0.25) is 0 Å². The number of nitrogens with two attached hydrogens (primary N) is 1. The number of likely N-dealkylation sites (N-methyl/N-ethyl adjacent to an activating group) is 1. The van der Waals surface area contributed by atoms with Gasteiger partial charge in [0.1, 0.15) is 5.69 Å². The lowest BCUT2D eigenvalue weighted by Gasteiger charge is -2.20. The standard InChI is InChI=1S/C10H14N6/c1-16-3-2-7-8(5-16)14-10(13-7)9-6(11)4-12-15-9/h4H,2-3,5,11H2,1H3,(H,12,15)(H,13,14). The molecule has 0 unspecified atom stereocenters. The molecule has 0 radical (unpaired) electrons. The van der Waals surface area contributed by atoms with E-state index < -0.39 is 0 Å². The van der Waals surface area contributed by atoms with Gasteiger partial charge in [-0.05, 0) is 7.05 Å². The molecule has 0 saturated heterocycles. The van der Waals surface area contributed by atoms with Gasteiger partial charge in [-0.15, -0.1) is 0 Å². The van der Waals surface area contributed by atoms with Crippen LogP contribution in [0.4, 0.5) is 5.69 Å². The number of hydrogen-bond donors (Lipinski definition) is 3. The molecule has 6 nitrogen and oxygen atoms in total. The highest BCUT2D eigenvalue weighted by Gasteiger charge is 2.19. The third-order valence-corrected chi connectivity index (χ3v) is 2.93. The van der Waals surface area contributed by atoms with Crippen LogP contribution in [0.3, 0.4) is 0 Å². The molecule has 0 fully saturated rings. The van der Waals surface area contributed by atoms with Crippen LogP contribution in [0.5, 0.6) is 0 Å². The monoisotopic (exact) mass is 218 g/mol. The van der Waals surface area contributed by atoms with Gasteiger partial charge in [0, 0.05) is 19.5 Å². The van der Waals surface area contributed by atoms with Gasteiger partial charge >= 0.3 is 0 Å². The molecule has 2 aromatic rings. The Bertz CT molecular complexity index is 511. The summed E-state index contributed by atoms with van der Waals surface area (Å²) in [6, 6.07) is 0. The summed E-state index contributed by atoms with van der Waals surface area (Å²) < 4.78 is 0. The molecule has 0 amide bonds. The Morgan fingerprint density at radius 2 is 2.38 bits per heavy atom. The number of aromatic nitrogens is 4. The summed E-state index contributed by atoms with van der Waals surface area (Å²) in [5.41, 5.74) is 9.51. The molecule has 3 rings (SSSR count). The van der Waals surface area contributed by atoms with Crippen LogP contribution in [0.1, 0.15) is 11.4 Å². The number of H-pyrrole nitrogens is 2. The third kappa shape index (κ3) is 1.38. The van der Waals surface area contributed by atoms with E-state index in [-0.39, 0.29) is 0 Å². The lowest BCUT2D eigenvalue weighted by molar-refractivity contribution is 0.307. The van der Waals surface area contributed by atoms with Crippen LogP contribution in [0.15, 0.2) is 6.20 Å². The summed E-state index contributed by atoms with van der Waals surface area (Å²) >= 11 is 0. The van der Waals surface area contributed by atoms with Gasteiger partial charge in [0.25, 0.3) is 0 Å². The van der Waals surface area contributed by atoms with Gasteiger partial charge in [-0.25, -0.2) is 4.98 Å². The van der Waals surface area contributed by atoms with Gasteiger partial charge < -0.3 is 15.6 Å². The number of imidazole rings is 1. The number of hydrogen-bond acceptors (Lipinski definition) is 4. The molecule has 84 valence electrons. The molecular formula is C10H14N6. The Morgan fingerprint density at radius 3 is 3.12 bits per heavy atom. The van der Waals surface area contributed by atoms with Crippen LogP contribution in [0.25, 0.3) is 11.5 Å². The molecule has 6 heteroatoms. The van der Waals surface area contributed by atoms with E-state index in [9.17, 15) is 0 Å². The molecule has 2 aromatic heterocycles. The van der Waals surface area contributed by atoms with Gasteiger partial charge in [0.2, 0.25) is 0 Å². The second kappa shape index (κ2) is 3.34. The topological polar surface area (TPSA) is 86.6 Å². The summed E-state index contributed by atoms with van der Waals surface area (Å²) in [4.78, 5) is 10.1. The van der Waals surface area contributed by atoms with Crippen molar-refractivity contribution in [2.24, 2.45) is 0 Å². The summed E-state index contributed by atoms with van der Waals surface area (Å²) in [5, 5.41) is 6.76. The first-order chi connectivity index (χ1) is 7.74. The van der Waals surface area contributed by atoms with Crippen molar-refractivity contribution in [3.05, 3.63) is 17.6 Å².